The van der Waals surface area contributed by atoms with E-state index in [0.717, 1.165) is 25.2 Å². The van der Waals surface area contributed by atoms with Crippen LogP contribution in [0.15, 0.2) is 24.3 Å². The molecule has 1 aliphatic heterocycles. The van der Waals surface area contributed by atoms with Gasteiger partial charge in [-0.3, -0.25) is 4.79 Å². The predicted molar refractivity (Wildman–Crippen MR) is 97.0 cm³/mol. The predicted octanol–water partition coefficient (Wildman–Crippen LogP) is 3.36. The molecule has 1 aromatic carbocycles. The summed E-state index contributed by atoms with van der Waals surface area (Å²) in [6.45, 7) is 5.56. The third kappa shape index (κ3) is 3.80. The summed E-state index contributed by atoms with van der Waals surface area (Å²) in [5, 5.41) is 4.61. The van der Waals surface area contributed by atoms with Gasteiger partial charge in [0.05, 0.1) is 19.1 Å². The highest BCUT2D eigenvalue weighted by Crippen LogP contribution is 2.34. The van der Waals surface area contributed by atoms with Crippen LogP contribution < -0.4 is 5.32 Å². The summed E-state index contributed by atoms with van der Waals surface area (Å²) in [5.74, 6) is -0.577. The molecule has 2 aromatic rings. The highest BCUT2D eigenvalue weighted by Gasteiger charge is 2.29. The van der Waals surface area contributed by atoms with Gasteiger partial charge in [-0.25, -0.2) is 4.79 Å². The number of esters is 1. The molecule has 0 aliphatic carbocycles. The van der Waals surface area contributed by atoms with Gasteiger partial charge in [-0.1, -0.05) is 18.2 Å². The Bertz CT molecular complexity index is 739. The maximum Gasteiger partial charge on any atom is 0.516 e. The largest absolute Gasteiger partial charge is 0.516 e. The van der Waals surface area contributed by atoms with Crippen LogP contribution in [0.4, 0.5) is 4.79 Å². The van der Waals surface area contributed by atoms with Crippen molar-refractivity contribution in [1.82, 2.24) is 9.88 Å². The Morgan fingerprint density at radius 1 is 1.28 bits per heavy atom. The molecule has 7 heteroatoms. The smallest absolute Gasteiger partial charge is 0.434 e. The van der Waals surface area contributed by atoms with E-state index in [9.17, 15) is 9.59 Å². The van der Waals surface area contributed by atoms with Crippen LogP contribution in [0.25, 0.3) is 10.9 Å². The van der Waals surface area contributed by atoms with Gasteiger partial charge >= 0.3 is 12.1 Å². The number of ether oxygens (including phenoxy) is 2. The van der Waals surface area contributed by atoms with Crippen molar-refractivity contribution >= 4 is 35.4 Å². The Kier molecular flexibility index (Phi) is 6.45. The van der Waals surface area contributed by atoms with Gasteiger partial charge in [0.1, 0.15) is 0 Å². The third-order valence-electron chi connectivity index (χ3n) is 4.36. The first-order chi connectivity index (χ1) is 11.7. The van der Waals surface area contributed by atoms with Crippen LogP contribution in [0, 0.1) is 0 Å². The van der Waals surface area contributed by atoms with Crippen molar-refractivity contribution in [2.45, 2.75) is 39.3 Å². The number of hydrogen-bond acceptors (Lipinski definition) is 5. The maximum atomic E-state index is 12.0. The van der Waals surface area contributed by atoms with Gasteiger partial charge in [0, 0.05) is 23.1 Å². The van der Waals surface area contributed by atoms with E-state index in [2.05, 4.69) is 33.7 Å². The van der Waals surface area contributed by atoms with E-state index in [1.54, 1.807) is 6.92 Å². The number of carbonyl (C=O) groups excluding carboxylic acids is 2. The summed E-state index contributed by atoms with van der Waals surface area (Å²) in [6.07, 6.45) is 0.0866. The Morgan fingerprint density at radius 3 is 2.76 bits per heavy atom. The molecule has 0 radical (unpaired) electrons. The second kappa shape index (κ2) is 8.36. The molecule has 0 amide bonds. The van der Waals surface area contributed by atoms with E-state index >= 15 is 0 Å². The summed E-state index contributed by atoms with van der Waals surface area (Å²) >= 11 is 0. The summed E-state index contributed by atoms with van der Waals surface area (Å²) < 4.78 is 11.6. The maximum absolute atomic E-state index is 12.0. The minimum absolute atomic E-state index is 0. The van der Waals surface area contributed by atoms with Gasteiger partial charge < -0.3 is 19.4 Å². The lowest BCUT2D eigenvalue weighted by Gasteiger charge is -2.26. The first-order valence-corrected chi connectivity index (χ1v) is 8.36. The van der Waals surface area contributed by atoms with E-state index in [4.69, 9.17) is 4.74 Å². The molecule has 0 saturated carbocycles. The molecule has 0 bridgehead atoms. The Hall–Kier alpha value is -2.05. The zero-order valence-electron chi connectivity index (χ0n) is 14.4. The monoisotopic (exact) mass is 366 g/mol. The first-order valence-electron chi connectivity index (χ1n) is 8.36. The standard InChI is InChI=1S/C18H22N2O4.ClH/c1-3-20-15-8-6-5-7-12(15)13-9-10-19-14(17(13)20)11-16(21)24-18(22)23-4-2;/h5-8,14,19H,3-4,9-11H2,1-2H3;1H. The third-order valence-corrected chi connectivity index (χ3v) is 4.36. The molecule has 1 atom stereocenters. The zero-order chi connectivity index (χ0) is 17.1. The van der Waals surface area contributed by atoms with Gasteiger partial charge in [0.2, 0.25) is 0 Å². The van der Waals surface area contributed by atoms with Gasteiger partial charge in [-0.05, 0) is 38.4 Å². The number of nitrogens with zero attached hydrogens (tertiary/aromatic N) is 1. The molecular formula is C18H23ClN2O4. The molecule has 136 valence electrons. The number of para-hydroxylation sites is 1. The molecule has 1 unspecified atom stereocenters. The van der Waals surface area contributed by atoms with Crippen molar-refractivity contribution in [2.75, 3.05) is 13.2 Å². The normalized spacial score (nSPS) is 16.0. The molecule has 3 rings (SSSR count). The summed E-state index contributed by atoms with van der Waals surface area (Å²) in [7, 11) is 0. The van der Waals surface area contributed by atoms with Crippen LogP contribution in [0.3, 0.4) is 0 Å². The average molecular weight is 367 g/mol. The minimum Gasteiger partial charge on any atom is -0.434 e. The highest BCUT2D eigenvalue weighted by atomic mass is 35.5. The molecular weight excluding hydrogens is 344 g/mol. The van der Waals surface area contributed by atoms with E-state index in [1.807, 2.05) is 12.1 Å². The molecule has 0 saturated heterocycles. The zero-order valence-corrected chi connectivity index (χ0v) is 15.2. The number of aromatic nitrogens is 1. The molecule has 0 fully saturated rings. The van der Waals surface area contributed by atoms with Crippen molar-refractivity contribution in [3.05, 3.63) is 35.5 Å². The van der Waals surface area contributed by atoms with Crippen molar-refractivity contribution in [2.24, 2.45) is 0 Å². The van der Waals surface area contributed by atoms with Crippen molar-refractivity contribution < 1.29 is 19.1 Å². The second-order valence-corrected chi connectivity index (χ2v) is 5.74. The minimum atomic E-state index is -0.936. The molecule has 1 aliphatic rings. The van der Waals surface area contributed by atoms with Crippen molar-refractivity contribution in [3.8, 4) is 0 Å². The van der Waals surface area contributed by atoms with Gasteiger partial charge in [-0.2, -0.15) is 0 Å². The molecule has 25 heavy (non-hydrogen) atoms. The van der Waals surface area contributed by atoms with Crippen LogP contribution in [0.5, 0.6) is 0 Å². The fraction of sp³-hybridized carbons (Fsp3) is 0.444. The Balaban J connectivity index is 0.00000225. The fourth-order valence-corrected chi connectivity index (χ4v) is 3.48. The van der Waals surface area contributed by atoms with E-state index in [-0.39, 0.29) is 31.5 Å². The number of rotatable bonds is 4. The van der Waals surface area contributed by atoms with Crippen molar-refractivity contribution in [1.29, 1.82) is 0 Å². The summed E-state index contributed by atoms with van der Waals surface area (Å²) in [6, 6.07) is 8.12. The van der Waals surface area contributed by atoms with Crippen molar-refractivity contribution in [3.63, 3.8) is 0 Å². The first kappa shape index (κ1) is 19.3. The van der Waals surface area contributed by atoms with E-state index in [1.165, 1.54) is 16.5 Å². The lowest BCUT2D eigenvalue weighted by molar-refractivity contribution is -0.140. The van der Waals surface area contributed by atoms with Crippen LogP contribution in [0.2, 0.25) is 0 Å². The second-order valence-electron chi connectivity index (χ2n) is 5.74. The van der Waals surface area contributed by atoms with Gasteiger partial charge in [-0.15, -0.1) is 12.4 Å². The van der Waals surface area contributed by atoms with Gasteiger partial charge in [0.15, 0.2) is 0 Å². The summed E-state index contributed by atoms with van der Waals surface area (Å²) in [4.78, 5) is 23.4. The molecule has 6 nitrogen and oxygen atoms in total. The van der Waals surface area contributed by atoms with E-state index < -0.39 is 12.1 Å². The topological polar surface area (TPSA) is 69.6 Å². The van der Waals surface area contributed by atoms with Crippen LogP contribution in [-0.2, 0) is 27.2 Å². The number of halogens is 1. The Morgan fingerprint density at radius 2 is 2.04 bits per heavy atom. The molecule has 0 spiro atoms. The van der Waals surface area contributed by atoms with Crippen LogP contribution in [0.1, 0.15) is 37.6 Å². The number of fused-ring (bicyclic) bond motifs is 3. The van der Waals surface area contributed by atoms with Crippen LogP contribution in [-0.4, -0.2) is 29.8 Å². The SMILES string of the molecule is CCOC(=O)OC(=O)CC1NCCc2c1n(CC)c1ccccc21.Cl. The quantitative estimate of drug-likeness (QED) is 0.663. The Labute approximate surface area is 152 Å². The van der Waals surface area contributed by atoms with Gasteiger partial charge in [0.25, 0.3) is 0 Å². The number of nitrogens with one attached hydrogen (secondary N) is 1. The number of aryl methyl sites for hydroxylation is 1. The molecule has 2 heterocycles. The average Bonchev–Trinajstić information content (AvgIpc) is 2.90. The fourth-order valence-electron chi connectivity index (χ4n) is 3.48. The molecule has 1 aromatic heterocycles. The highest BCUT2D eigenvalue weighted by molar-refractivity contribution is 5.87. The molecule has 1 N–H and O–H groups in total. The van der Waals surface area contributed by atoms with E-state index in [0.29, 0.717) is 0 Å². The summed E-state index contributed by atoms with van der Waals surface area (Å²) in [5.41, 5.74) is 3.57. The number of carbonyl (C=O) groups is 2. The lowest BCUT2D eigenvalue weighted by atomic mass is 9.97. The lowest BCUT2D eigenvalue weighted by Crippen LogP contribution is -2.33. The number of benzene rings is 1. The van der Waals surface area contributed by atoms with Crippen LogP contribution >= 0.6 is 12.4 Å². The number of hydrogen-bond donors (Lipinski definition) is 1.